The Morgan fingerprint density at radius 2 is 1.82 bits per heavy atom. The van der Waals surface area contributed by atoms with Crippen LogP contribution in [0.25, 0.3) is 11.4 Å². The van der Waals surface area contributed by atoms with Gasteiger partial charge in [0.25, 0.3) is 5.91 Å². The van der Waals surface area contributed by atoms with Crippen molar-refractivity contribution < 1.29 is 32.4 Å². The lowest BCUT2D eigenvalue weighted by Crippen LogP contribution is -2.56. The molecule has 1 saturated carbocycles. The average molecular weight is 397 g/mol. The highest BCUT2D eigenvalue weighted by atomic mass is 19.4. The second-order valence-corrected chi connectivity index (χ2v) is 7.02. The van der Waals surface area contributed by atoms with Crippen molar-refractivity contribution in [2.24, 2.45) is 5.92 Å². The number of aliphatic carboxylic acids is 1. The Balaban J connectivity index is 1.75. The molecule has 1 aliphatic rings. The maximum Gasteiger partial charge on any atom is 0.471 e. The predicted octanol–water partition coefficient (Wildman–Crippen LogP) is 3.52. The van der Waals surface area contributed by atoms with Gasteiger partial charge < -0.3 is 14.9 Å². The molecule has 1 aromatic carbocycles. The monoisotopic (exact) mass is 397 g/mol. The predicted molar refractivity (Wildman–Crippen MR) is 90.2 cm³/mol. The molecule has 0 aliphatic heterocycles. The molecule has 2 N–H and O–H groups in total. The number of carboxylic acid groups (broad SMARTS) is 1. The van der Waals surface area contributed by atoms with Gasteiger partial charge in [0.1, 0.15) is 5.54 Å². The minimum Gasteiger partial charge on any atom is -0.480 e. The fourth-order valence-electron chi connectivity index (χ4n) is 3.16. The van der Waals surface area contributed by atoms with Crippen LogP contribution >= 0.6 is 0 Å². The number of aromatic nitrogens is 2. The van der Waals surface area contributed by atoms with E-state index in [2.05, 4.69) is 20.0 Å². The van der Waals surface area contributed by atoms with Gasteiger partial charge in [0.2, 0.25) is 5.82 Å². The average Bonchev–Trinajstić information content (AvgIpc) is 3.14. The fourth-order valence-corrected chi connectivity index (χ4v) is 3.16. The first kappa shape index (κ1) is 19.8. The van der Waals surface area contributed by atoms with E-state index in [1.54, 1.807) is 0 Å². The molecule has 0 unspecified atom stereocenters. The van der Waals surface area contributed by atoms with Gasteiger partial charge in [0.05, 0.1) is 0 Å². The Morgan fingerprint density at radius 1 is 1.21 bits per heavy atom. The summed E-state index contributed by atoms with van der Waals surface area (Å²) in [6.45, 7) is 2.04. The summed E-state index contributed by atoms with van der Waals surface area (Å²) in [5, 5.41) is 15.5. The molecule has 28 heavy (non-hydrogen) atoms. The maximum absolute atomic E-state index is 12.5. The summed E-state index contributed by atoms with van der Waals surface area (Å²) in [6.07, 6.45) is -2.66. The first-order valence-electron chi connectivity index (χ1n) is 8.68. The zero-order valence-electron chi connectivity index (χ0n) is 14.9. The molecule has 2 aromatic rings. The molecule has 0 atom stereocenters. The van der Waals surface area contributed by atoms with Crippen molar-refractivity contribution in [1.29, 1.82) is 0 Å². The van der Waals surface area contributed by atoms with Crippen molar-refractivity contribution in [2.45, 2.75) is 44.3 Å². The van der Waals surface area contributed by atoms with E-state index in [1.807, 2.05) is 6.92 Å². The summed E-state index contributed by atoms with van der Waals surface area (Å²) in [5.74, 6) is -2.95. The molecule has 0 bridgehead atoms. The first-order chi connectivity index (χ1) is 13.1. The van der Waals surface area contributed by atoms with Crippen molar-refractivity contribution in [3.8, 4) is 11.4 Å². The van der Waals surface area contributed by atoms with Gasteiger partial charge in [0, 0.05) is 11.1 Å². The number of carbonyl (C=O) groups is 2. The number of hydrogen-bond acceptors (Lipinski definition) is 5. The minimum absolute atomic E-state index is 0.183. The van der Waals surface area contributed by atoms with Gasteiger partial charge in [-0.2, -0.15) is 18.2 Å². The topological polar surface area (TPSA) is 105 Å². The molecule has 1 fully saturated rings. The molecule has 10 heteroatoms. The number of benzene rings is 1. The van der Waals surface area contributed by atoms with Crippen molar-refractivity contribution >= 4 is 11.9 Å². The second-order valence-electron chi connectivity index (χ2n) is 7.02. The normalized spacial score (nSPS) is 22.6. The number of carbonyl (C=O) groups excluding carboxylic acids is 1. The minimum atomic E-state index is -4.74. The number of hydrogen-bond donors (Lipinski definition) is 2. The third kappa shape index (κ3) is 4.00. The summed E-state index contributed by atoms with van der Waals surface area (Å²) < 4.78 is 41.8. The first-order valence-corrected chi connectivity index (χ1v) is 8.68. The van der Waals surface area contributed by atoms with Crippen LogP contribution in [0, 0.1) is 5.92 Å². The Bertz CT molecular complexity index is 869. The van der Waals surface area contributed by atoms with Gasteiger partial charge in [-0.1, -0.05) is 24.2 Å². The van der Waals surface area contributed by atoms with E-state index in [4.69, 9.17) is 0 Å². The molecule has 0 spiro atoms. The van der Waals surface area contributed by atoms with Crippen LogP contribution in [0.4, 0.5) is 13.2 Å². The molecule has 0 saturated heterocycles. The van der Waals surface area contributed by atoms with Crippen molar-refractivity contribution in [3.63, 3.8) is 0 Å². The number of halogens is 3. The van der Waals surface area contributed by atoms with Crippen LogP contribution in [0.5, 0.6) is 0 Å². The third-order valence-electron chi connectivity index (χ3n) is 4.96. The zero-order chi connectivity index (χ0) is 20.5. The van der Waals surface area contributed by atoms with Crippen LogP contribution in [0.15, 0.2) is 28.8 Å². The SMILES string of the molecule is CC1CCC(NC(=O)c2ccc(-c3noc(C(F)(F)F)n3)cc2)(C(=O)O)CC1. The van der Waals surface area contributed by atoms with Crippen molar-refractivity contribution in [1.82, 2.24) is 15.5 Å². The Kier molecular flexibility index (Phi) is 5.14. The van der Waals surface area contributed by atoms with Gasteiger partial charge in [-0.05, 0) is 43.7 Å². The van der Waals surface area contributed by atoms with Crippen LogP contribution in [-0.4, -0.2) is 32.7 Å². The van der Waals surface area contributed by atoms with Gasteiger partial charge in [-0.15, -0.1) is 0 Å². The van der Waals surface area contributed by atoms with Gasteiger partial charge >= 0.3 is 18.0 Å². The highest BCUT2D eigenvalue weighted by molar-refractivity contribution is 5.98. The second kappa shape index (κ2) is 7.25. The van der Waals surface area contributed by atoms with E-state index in [0.717, 1.165) is 0 Å². The summed E-state index contributed by atoms with van der Waals surface area (Å²) in [6, 6.07) is 5.48. The molecule has 1 heterocycles. The number of alkyl halides is 3. The molecular formula is C18H18F3N3O4. The van der Waals surface area contributed by atoms with E-state index in [-0.39, 0.29) is 17.0 Å². The van der Waals surface area contributed by atoms with Crippen molar-refractivity contribution in [2.75, 3.05) is 0 Å². The zero-order valence-corrected chi connectivity index (χ0v) is 14.9. The van der Waals surface area contributed by atoms with Crippen molar-refractivity contribution in [3.05, 3.63) is 35.7 Å². The van der Waals surface area contributed by atoms with Crippen LogP contribution in [0.3, 0.4) is 0 Å². The fraction of sp³-hybridized carbons (Fsp3) is 0.444. The van der Waals surface area contributed by atoms with Gasteiger partial charge in [-0.3, -0.25) is 4.79 Å². The summed E-state index contributed by atoms with van der Waals surface area (Å²) in [4.78, 5) is 27.5. The largest absolute Gasteiger partial charge is 0.480 e. The standard InChI is InChI=1S/C18H18F3N3O4/c1-10-6-8-17(9-7-10,16(26)27)23-14(25)12-4-2-11(3-5-12)13-22-15(28-24-13)18(19,20)21/h2-5,10H,6-9H2,1H3,(H,23,25)(H,26,27). The molecule has 0 radical (unpaired) electrons. The summed E-state index contributed by atoms with van der Waals surface area (Å²) >= 11 is 0. The van der Waals surface area contributed by atoms with E-state index in [1.165, 1.54) is 24.3 Å². The number of amides is 1. The Labute approximate surface area is 157 Å². The number of rotatable bonds is 4. The lowest BCUT2D eigenvalue weighted by molar-refractivity contribution is -0.159. The summed E-state index contributed by atoms with van der Waals surface area (Å²) in [5.41, 5.74) is -0.893. The number of carboxylic acids is 1. The lowest BCUT2D eigenvalue weighted by Gasteiger charge is -2.36. The number of nitrogens with one attached hydrogen (secondary N) is 1. The van der Waals surface area contributed by atoms with Crippen LogP contribution < -0.4 is 5.32 Å². The van der Waals surface area contributed by atoms with E-state index in [9.17, 15) is 27.9 Å². The smallest absolute Gasteiger partial charge is 0.471 e. The Morgan fingerprint density at radius 3 is 2.32 bits per heavy atom. The third-order valence-corrected chi connectivity index (χ3v) is 4.96. The van der Waals surface area contributed by atoms with E-state index in [0.29, 0.717) is 31.6 Å². The van der Waals surface area contributed by atoms with Crippen LogP contribution in [0.2, 0.25) is 0 Å². The van der Waals surface area contributed by atoms with Crippen LogP contribution in [-0.2, 0) is 11.0 Å². The highest BCUT2D eigenvalue weighted by Crippen LogP contribution is 2.33. The molecular weight excluding hydrogens is 379 g/mol. The molecule has 3 rings (SSSR count). The van der Waals surface area contributed by atoms with Gasteiger partial charge in [-0.25, -0.2) is 4.79 Å². The molecule has 1 amide bonds. The van der Waals surface area contributed by atoms with Crippen LogP contribution in [0.1, 0.15) is 48.9 Å². The molecule has 150 valence electrons. The number of nitrogens with zero attached hydrogens (tertiary/aromatic N) is 2. The molecule has 1 aliphatic carbocycles. The quantitative estimate of drug-likeness (QED) is 0.818. The Hall–Kier alpha value is -2.91. The molecule has 7 nitrogen and oxygen atoms in total. The molecule has 1 aromatic heterocycles. The highest BCUT2D eigenvalue weighted by Gasteiger charge is 2.42. The van der Waals surface area contributed by atoms with E-state index < -0.39 is 29.5 Å². The summed E-state index contributed by atoms with van der Waals surface area (Å²) in [7, 11) is 0. The van der Waals surface area contributed by atoms with Gasteiger partial charge in [0.15, 0.2) is 0 Å². The lowest BCUT2D eigenvalue weighted by atomic mass is 9.77. The van der Waals surface area contributed by atoms with E-state index >= 15 is 0 Å². The maximum atomic E-state index is 12.5.